The van der Waals surface area contributed by atoms with Crippen molar-refractivity contribution in [3.63, 3.8) is 0 Å². The van der Waals surface area contributed by atoms with Gasteiger partial charge >= 0.3 is 7.82 Å². The van der Waals surface area contributed by atoms with Crippen LogP contribution in [0.4, 0.5) is 0 Å². The maximum atomic E-state index is 11.0. The highest BCUT2D eigenvalue weighted by molar-refractivity contribution is 7.46. The van der Waals surface area contributed by atoms with Crippen LogP contribution < -0.4 is 0 Å². The lowest BCUT2D eigenvalue weighted by Crippen LogP contribution is -2.49. The molecule has 18 heavy (non-hydrogen) atoms. The highest BCUT2D eigenvalue weighted by Crippen LogP contribution is 2.44. The number of hydrogen-bond donors (Lipinski definition) is 2. The van der Waals surface area contributed by atoms with E-state index < -0.39 is 13.9 Å². The van der Waals surface area contributed by atoms with Crippen molar-refractivity contribution < 1.29 is 18.9 Å². The average molecular weight is 279 g/mol. The Labute approximate surface area is 110 Å². The summed E-state index contributed by atoms with van der Waals surface area (Å²) in [7, 11) is -4.40. The minimum atomic E-state index is -4.40. The van der Waals surface area contributed by atoms with Crippen molar-refractivity contribution in [2.45, 2.75) is 65.6 Å². The zero-order valence-corrected chi connectivity index (χ0v) is 13.1. The van der Waals surface area contributed by atoms with Crippen LogP contribution >= 0.6 is 7.82 Å². The maximum Gasteiger partial charge on any atom is 0.469 e. The molecule has 0 radical (unpaired) electrons. The quantitative estimate of drug-likeness (QED) is 0.759. The molecule has 2 N–H and O–H groups in total. The Hall–Kier alpha value is 0.0700. The van der Waals surface area contributed by atoms with Crippen molar-refractivity contribution in [2.24, 2.45) is 5.41 Å². The van der Waals surface area contributed by atoms with Gasteiger partial charge in [0.25, 0.3) is 0 Å². The minimum Gasteiger partial charge on any atom is -0.303 e. The first-order valence-electron chi connectivity index (χ1n) is 6.31. The molecule has 2 unspecified atom stereocenters. The third-order valence-corrected chi connectivity index (χ3v) is 3.98. The maximum absolute atomic E-state index is 11.0. The van der Waals surface area contributed by atoms with Crippen LogP contribution in [0.15, 0.2) is 0 Å². The van der Waals surface area contributed by atoms with E-state index in [0.717, 1.165) is 0 Å². The van der Waals surface area contributed by atoms with Gasteiger partial charge in [-0.2, -0.15) is 0 Å². The van der Waals surface area contributed by atoms with Crippen LogP contribution in [0.25, 0.3) is 0 Å². The molecule has 1 saturated heterocycles. The van der Waals surface area contributed by atoms with Crippen LogP contribution in [0.3, 0.4) is 0 Å². The van der Waals surface area contributed by atoms with E-state index in [1.807, 2.05) is 0 Å². The molecule has 2 atom stereocenters. The number of rotatable bonds is 2. The van der Waals surface area contributed by atoms with Crippen molar-refractivity contribution in [3.8, 4) is 0 Å². The smallest absolute Gasteiger partial charge is 0.303 e. The van der Waals surface area contributed by atoms with E-state index in [0.29, 0.717) is 13.0 Å². The number of likely N-dealkylation sites (tertiary alicyclic amines) is 1. The summed E-state index contributed by atoms with van der Waals surface area (Å²) in [6.07, 6.45) is 0.264. The molecule has 1 aliphatic heterocycles. The molecule has 0 aromatic heterocycles. The number of hydrogen-bond acceptors (Lipinski definition) is 3. The van der Waals surface area contributed by atoms with Gasteiger partial charge in [-0.1, -0.05) is 20.8 Å². The topological polar surface area (TPSA) is 70.0 Å². The molecular weight excluding hydrogens is 253 g/mol. The van der Waals surface area contributed by atoms with Gasteiger partial charge in [0.1, 0.15) is 0 Å². The summed E-state index contributed by atoms with van der Waals surface area (Å²) in [6, 6.07) is 0.258. The molecular formula is C12H26NO4P. The molecule has 0 spiro atoms. The molecule has 5 nitrogen and oxygen atoms in total. The molecule has 0 aromatic carbocycles. The molecule has 1 rings (SSSR count). The van der Waals surface area contributed by atoms with Crippen LogP contribution in [-0.2, 0) is 9.09 Å². The Morgan fingerprint density at radius 3 is 1.94 bits per heavy atom. The van der Waals surface area contributed by atoms with Crippen LogP contribution in [0.1, 0.15) is 48.0 Å². The first kappa shape index (κ1) is 16.1. The molecule has 0 aliphatic carbocycles. The molecule has 0 amide bonds. The fraction of sp³-hybridized carbons (Fsp3) is 1.00. The van der Waals surface area contributed by atoms with Gasteiger partial charge in [-0.3, -0.25) is 9.42 Å². The second-order valence-corrected chi connectivity index (χ2v) is 8.35. The lowest BCUT2D eigenvalue weighted by atomic mass is 9.83. The molecule has 6 heteroatoms. The van der Waals surface area contributed by atoms with Crippen LogP contribution in [0.2, 0.25) is 0 Å². The summed E-state index contributed by atoms with van der Waals surface area (Å²) < 4.78 is 15.8. The fourth-order valence-corrected chi connectivity index (χ4v) is 3.17. The zero-order chi connectivity index (χ0) is 14.4. The van der Waals surface area contributed by atoms with Crippen molar-refractivity contribution in [1.82, 2.24) is 4.90 Å². The van der Waals surface area contributed by atoms with Gasteiger partial charge in [-0.05, 0) is 32.6 Å². The lowest BCUT2D eigenvalue weighted by molar-refractivity contribution is 0.0546. The highest BCUT2D eigenvalue weighted by atomic mass is 31.2. The summed E-state index contributed by atoms with van der Waals surface area (Å²) in [5.74, 6) is 0. The molecule has 1 aliphatic rings. The number of phosphoric ester groups is 1. The summed E-state index contributed by atoms with van der Waals surface area (Å²) >= 11 is 0. The summed E-state index contributed by atoms with van der Waals surface area (Å²) in [6.45, 7) is 13.4. The van der Waals surface area contributed by atoms with E-state index in [9.17, 15) is 4.57 Å². The van der Waals surface area contributed by atoms with Gasteiger partial charge in [-0.15, -0.1) is 0 Å². The summed E-state index contributed by atoms with van der Waals surface area (Å²) in [5.41, 5.74) is 0.0191. The highest BCUT2D eigenvalue weighted by Gasteiger charge is 2.45. The molecule has 1 heterocycles. The fourth-order valence-electron chi connectivity index (χ4n) is 2.63. The number of phosphoric acid groups is 1. The van der Waals surface area contributed by atoms with E-state index in [1.165, 1.54) is 0 Å². The van der Waals surface area contributed by atoms with Crippen LogP contribution in [0, 0.1) is 5.41 Å². The summed E-state index contributed by atoms with van der Waals surface area (Å²) in [4.78, 5) is 20.1. The third kappa shape index (κ3) is 4.32. The first-order valence-corrected chi connectivity index (χ1v) is 7.84. The summed E-state index contributed by atoms with van der Waals surface area (Å²) in [5, 5.41) is 0. The van der Waals surface area contributed by atoms with Gasteiger partial charge < -0.3 is 9.79 Å². The second kappa shape index (κ2) is 4.88. The van der Waals surface area contributed by atoms with Crippen molar-refractivity contribution >= 4 is 7.82 Å². The largest absolute Gasteiger partial charge is 0.469 e. The minimum absolute atomic E-state index is 0.0367. The van der Waals surface area contributed by atoms with Gasteiger partial charge in [0.2, 0.25) is 0 Å². The molecule has 1 fully saturated rings. The SMILES string of the molecule is CC(C)(C)C1CC(OP(=O)(O)O)CN1C(C)(C)C. The third-order valence-electron chi connectivity index (χ3n) is 3.41. The zero-order valence-electron chi connectivity index (χ0n) is 12.2. The second-order valence-electron chi connectivity index (χ2n) is 7.16. The monoisotopic (exact) mass is 279 g/mol. The van der Waals surface area contributed by atoms with Gasteiger partial charge in [0, 0.05) is 18.1 Å². The predicted molar refractivity (Wildman–Crippen MR) is 71.2 cm³/mol. The van der Waals surface area contributed by atoms with Crippen molar-refractivity contribution in [1.29, 1.82) is 0 Å². The van der Waals surface area contributed by atoms with E-state index in [-0.39, 0.29) is 17.0 Å². The standard InChI is InChI=1S/C12H26NO4P/c1-11(2,3)10-7-9(17-18(14,15)16)8-13(10)12(4,5)6/h9-10H,7-8H2,1-6H3,(H2,14,15,16). The normalized spacial score (nSPS) is 27.8. The Kier molecular flexibility index (Phi) is 4.37. The van der Waals surface area contributed by atoms with Gasteiger partial charge in [0.05, 0.1) is 6.10 Å². The Morgan fingerprint density at radius 2 is 1.67 bits per heavy atom. The first-order chi connectivity index (χ1) is 7.81. The Bertz CT molecular complexity index is 317. The molecule has 0 aromatic rings. The van der Waals surface area contributed by atoms with Gasteiger partial charge in [0.15, 0.2) is 0 Å². The van der Waals surface area contributed by atoms with Crippen LogP contribution in [0.5, 0.6) is 0 Å². The average Bonchev–Trinajstić information content (AvgIpc) is 2.42. The molecule has 0 saturated carbocycles. The molecule has 108 valence electrons. The van der Waals surface area contributed by atoms with Crippen molar-refractivity contribution in [3.05, 3.63) is 0 Å². The Balaban J connectivity index is 2.87. The lowest BCUT2D eigenvalue weighted by Gasteiger charge is -2.42. The van der Waals surface area contributed by atoms with Crippen LogP contribution in [-0.4, -0.2) is 38.9 Å². The van der Waals surface area contributed by atoms with Crippen molar-refractivity contribution in [2.75, 3.05) is 6.54 Å². The van der Waals surface area contributed by atoms with Gasteiger partial charge in [-0.25, -0.2) is 4.57 Å². The van der Waals surface area contributed by atoms with E-state index in [2.05, 4.69) is 46.4 Å². The number of nitrogens with zero attached hydrogens (tertiary/aromatic N) is 1. The molecule has 0 bridgehead atoms. The predicted octanol–water partition coefficient (Wildman–Crippen LogP) is 2.38. The van der Waals surface area contributed by atoms with E-state index in [4.69, 9.17) is 14.3 Å². The van der Waals surface area contributed by atoms with E-state index >= 15 is 0 Å². The van der Waals surface area contributed by atoms with E-state index in [1.54, 1.807) is 0 Å². The Morgan fingerprint density at radius 1 is 1.17 bits per heavy atom.